The van der Waals surface area contributed by atoms with Crippen molar-refractivity contribution in [1.29, 1.82) is 0 Å². The average molecular weight is 184 g/mol. The van der Waals surface area contributed by atoms with Crippen LogP contribution < -0.4 is 5.32 Å². The highest BCUT2D eigenvalue weighted by Crippen LogP contribution is 2.12. The molecule has 0 aromatic carbocycles. The zero-order valence-electron chi connectivity index (χ0n) is 9.34. The molecule has 0 saturated carbocycles. The first kappa shape index (κ1) is 11.0. The Hall–Kier alpha value is -0.0800. The van der Waals surface area contributed by atoms with Crippen LogP contribution in [0.25, 0.3) is 0 Å². The third-order valence-electron chi connectivity index (χ3n) is 3.08. The van der Waals surface area contributed by atoms with Gasteiger partial charge in [0.1, 0.15) is 0 Å². The summed E-state index contributed by atoms with van der Waals surface area (Å²) in [7, 11) is 0. The van der Waals surface area contributed by atoms with Crippen LogP contribution >= 0.6 is 0 Å². The summed E-state index contributed by atoms with van der Waals surface area (Å²) in [5.74, 6) is 0. The lowest BCUT2D eigenvalue weighted by Crippen LogP contribution is -2.47. The predicted octanol–water partition coefficient (Wildman–Crippen LogP) is 1.86. The zero-order chi connectivity index (χ0) is 9.68. The minimum absolute atomic E-state index is 0.731. The van der Waals surface area contributed by atoms with Crippen molar-refractivity contribution in [3.8, 4) is 0 Å². The number of nitrogens with zero attached hydrogens (tertiary/aromatic N) is 1. The third-order valence-corrected chi connectivity index (χ3v) is 3.08. The molecule has 0 radical (unpaired) electrons. The number of likely N-dealkylation sites (N-methyl/N-ethyl adjacent to an activating group) is 1. The van der Waals surface area contributed by atoms with Crippen LogP contribution in [0.1, 0.15) is 40.0 Å². The first-order valence-electron chi connectivity index (χ1n) is 5.74. The highest BCUT2D eigenvalue weighted by atomic mass is 15.1. The van der Waals surface area contributed by atoms with Crippen LogP contribution in [0.4, 0.5) is 0 Å². The van der Waals surface area contributed by atoms with E-state index in [2.05, 4.69) is 31.0 Å². The van der Waals surface area contributed by atoms with Gasteiger partial charge < -0.3 is 10.2 Å². The second-order valence-electron chi connectivity index (χ2n) is 4.18. The Bertz CT molecular complexity index is 132. The van der Waals surface area contributed by atoms with Gasteiger partial charge in [-0.15, -0.1) is 0 Å². The quantitative estimate of drug-likeness (QED) is 0.717. The van der Waals surface area contributed by atoms with Crippen molar-refractivity contribution in [2.75, 3.05) is 19.6 Å². The maximum atomic E-state index is 3.67. The molecule has 0 aliphatic carbocycles. The number of nitrogens with one attached hydrogen (secondary N) is 1. The second kappa shape index (κ2) is 5.61. The fourth-order valence-corrected chi connectivity index (χ4v) is 2.18. The molecule has 1 aliphatic heterocycles. The molecule has 2 nitrogen and oxygen atoms in total. The van der Waals surface area contributed by atoms with Gasteiger partial charge in [-0.05, 0) is 32.9 Å². The molecule has 1 N–H and O–H groups in total. The summed E-state index contributed by atoms with van der Waals surface area (Å²) in [4.78, 5) is 2.51. The Balaban J connectivity index is 2.26. The van der Waals surface area contributed by atoms with E-state index in [0.29, 0.717) is 0 Å². The lowest BCUT2D eigenvalue weighted by atomic mass is 9.99. The molecular formula is C11H24N2. The van der Waals surface area contributed by atoms with Gasteiger partial charge >= 0.3 is 0 Å². The van der Waals surface area contributed by atoms with E-state index in [0.717, 1.165) is 12.1 Å². The van der Waals surface area contributed by atoms with Gasteiger partial charge in [-0.3, -0.25) is 0 Å². The number of rotatable bonds is 4. The SMILES string of the molecule is CCN(CC)CC1CCCC(C)N1. The van der Waals surface area contributed by atoms with Crippen molar-refractivity contribution in [1.82, 2.24) is 10.2 Å². The van der Waals surface area contributed by atoms with Gasteiger partial charge in [-0.1, -0.05) is 20.3 Å². The standard InChI is InChI=1S/C11H24N2/c1-4-13(5-2)9-11-8-6-7-10(3)12-11/h10-12H,4-9H2,1-3H3. The average Bonchev–Trinajstić information content (AvgIpc) is 2.14. The number of piperidine rings is 1. The maximum Gasteiger partial charge on any atom is 0.0197 e. The summed E-state index contributed by atoms with van der Waals surface area (Å²) in [6.07, 6.45) is 4.12. The topological polar surface area (TPSA) is 15.3 Å². The Kier molecular flexibility index (Phi) is 4.74. The van der Waals surface area contributed by atoms with Gasteiger partial charge in [0.15, 0.2) is 0 Å². The summed E-state index contributed by atoms with van der Waals surface area (Å²) in [6, 6.07) is 1.47. The molecule has 1 saturated heterocycles. The number of hydrogen-bond acceptors (Lipinski definition) is 2. The van der Waals surface area contributed by atoms with E-state index in [-0.39, 0.29) is 0 Å². The van der Waals surface area contributed by atoms with E-state index in [9.17, 15) is 0 Å². The van der Waals surface area contributed by atoms with E-state index < -0.39 is 0 Å². The summed E-state index contributed by atoms with van der Waals surface area (Å²) in [5, 5.41) is 3.67. The Morgan fingerprint density at radius 2 is 1.92 bits per heavy atom. The molecule has 2 heteroatoms. The van der Waals surface area contributed by atoms with E-state index in [1.807, 2.05) is 0 Å². The first-order chi connectivity index (χ1) is 6.26. The van der Waals surface area contributed by atoms with Gasteiger partial charge in [0.25, 0.3) is 0 Å². The normalized spacial score (nSPS) is 29.5. The van der Waals surface area contributed by atoms with Crippen LogP contribution in [0.3, 0.4) is 0 Å². The highest BCUT2D eigenvalue weighted by molar-refractivity contribution is 4.79. The van der Waals surface area contributed by atoms with E-state index >= 15 is 0 Å². The van der Waals surface area contributed by atoms with Gasteiger partial charge in [0.05, 0.1) is 0 Å². The minimum atomic E-state index is 0.731. The summed E-state index contributed by atoms with van der Waals surface area (Å²) >= 11 is 0. The highest BCUT2D eigenvalue weighted by Gasteiger charge is 2.18. The molecule has 78 valence electrons. The Morgan fingerprint density at radius 3 is 2.46 bits per heavy atom. The smallest absolute Gasteiger partial charge is 0.0197 e. The van der Waals surface area contributed by atoms with Crippen molar-refractivity contribution in [3.05, 3.63) is 0 Å². The largest absolute Gasteiger partial charge is 0.310 e. The molecule has 1 fully saturated rings. The van der Waals surface area contributed by atoms with Crippen LogP contribution in [0.2, 0.25) is 0 Å². The lowest BCUT2D eigenvalue weighted by Gasteiger charge is -2.32. The van der Waals surface area contributed by atoms with Crippen LogP contribution in [0, 0.1) is 0 Å². The fraction of sp³-hybridized carbons (Fsp3) is 1.00. The molecule has 2 atom stereocenters. The lowest BCUT2D eigenvalue weighted by molar-refractivity contribution is 0.225. The summed E-state index contributed by atoms with van der Waals surface area (Å²) in [6.45, 7) is 10.4. The van der Waals surface area contributed by atoms with Gasteiger partial charge in [0, 0.05) is 18.6 Å². The molecule has 0 bridgehead atoms. The van der Waals surface area contributed by atoms with E-state index in [4.69, 9.17) is 0 Å². The second-order valence-corrected chi connectivity index (χ2v) is 4.18. The van der Waals surface area contributed by atoms with E-state index in [1.165, 1.54) is 38.9 Å². The van der Waals surface area contributed by atoms with Gasteiger partial charge in [0.2, 0.25) is 0 Å². The summed E-state index contributed by atoms with van der Waals surface area (Å²) < 4.78 is 0. The van der Waals surface area contributed by atoms with Crippen LogP contribution in [-0.2, 0) is 0 Å². The minimum Gasteiger partial charge on any atom is -0.310 e. The van der Waals surface area contributed by atoms with Crippen LogP contribution in [-0.4, -0.2) is 36.6 Å². The van der Waals surface area contributed by atoms with Crippen molar-refractivity contribution < 1.29 is 0 Å². The molecule has 1 heterocycles. The Morgan fingerprint density at radius 1 is 1.23 bits per heavy atom. The molecule has 0 amide bonds. The molecule has 0 aromatic heterocycles. The van der Waals surface area contributed by atoms with Crippen LogP contribution in [0.5, 0.6) is 0 Å². The van der Waals surface area contributed by atoms with Crippen molar-refractivity contribution >= 4 is 0 Å². The predicted molar refractivity (Wildman–Crippen MR) is 58.0 cm³/mol. The number of hydrogen-bond donors (Lipinski definition) is 1. The Labute approximate surface area is 82.7 Å². The van der Waals surface area contributed by atoms with Gasteiger partial charge in [-0.25, -0.2) is 0 Å². The third kappa shape index (κ3) is 3.65. The zero-order valence-corrected chi connectivity index (χ0v) is 9.34. The molecule has 0 spiro atoms. The molecular weight excluding hydrogens is 160 g/mol. The molecule has 2 unspecified atom stereocenters. The monoisotopic (exact) mass is 184 g/mol. The van der Waals surface area contributed by atoms with Crippen molar-refractivity contribution in [3.63, 3.8) is 0 Å². The van der Waals surface area contributed by atoms with E-state index in [1.54, 1.807) is 0 Å². The van der Waals surface area contributed by atoms with Crippen molar-refractivity contribution in [2.45, 2.75) is 52.1 Å². The molecule has 13 heavy (non-hydrogen) atoms. The molecule has 1 aliphatic rings. The molecule has 0 aromatic rings. The maximum absolute atomic E-state index is 3.67. The van der Waals surface area contributed by atoms with Gasteiger partial charge in [-0.2, -0.15) is 0 Å². The first-order valence-corrected chi connectivity index (χ1v) is 5.74. The fourth-order valence-electron chi connectivity index (χ4n) is 2.18. The molecule has 1 rings (SSSR count). The van der Waals surface area contributed by atoms with Crippen molar-refractivity contribution in [2.24, 2.45) is 0 Å². The summed E-state index contributed by atoms with van der Waals surface area (Å²) in [5.41, 5.74) is 0. The van der Waals surface area contributed by atoms with Crippen LogP contribution in [0.15, 0.2) is 0 Å².